The van der Waals surface area contributed by atoms with Crippen molar-refractivity contribution in [2.45, 2.75) is 23.9 Å². The molecule has 1 N–H and O–H groups in total. The SMILES string of the molecule is O=C(CSc1ncc(C(F)(F)F)cc1Cl)NCC1CN(Cc2ccccc2)CCO1. The summed E-state index contributed by atoms with van der Waals surface area (Å²) < 4.78 is 43.7. The number of rotatable bonds is 7. The standard InChI is InChI=1S/C20H21ClF3N3O2S/c21-17-8-15(20(22,23)24)9-26-19(17)30-13-18(28)25-10-16-12-27(6-7-29-16)11-14-4-2-1-3-5-14/h1-5,8-9,16H,6-7,10-13H2,(H,25,28). The summed E-state index contributed by atoms with van der Waals surface area (Å²) in [4.78, 5) is 18.1. The van der Waals surface area contributed by atoms with Crippen LogP contribution in [0.5, 0.6) is 0 Å². The lowest BCUT2D eigenvalue weighted by Gasteiger charge is -2.33. The van der Waals surface area contributed by atoms with Crippen LogP contribution in [0.2, 0.25) is 5.02 Å². The van der Waals surface area contributed by atoms with Gasteiger partial charge in [-0.1, -0.05) is 53.7 Å². The topological polar surface area (TPSA) is 54.5 Å². The van der Waals surface area contributed by atoms with E-state index in [2.05, 4.69) is 27.3 Å². The lowest BCUT2D eigenvalue weighted by Crippen LogP contribution is -2.47. The Hall–Kier alpha value is -1.81. The zero-order valence-electron chi connectivity index (χ0n) is 16.0. The molecule has 10 heteroatoms. The van der Waals surface area contributed by atoms with Gasteiger partial charge in [-0.25, -0.2) is 4.98 Å². The molecule has 1 aliphatic rings. The van der Waals surface area contributed by atoms with Crippen LogP contribution < -0.4 is 5.32 Å². The molecule has 1 fully saturated rings. The number of nitrogens with one attached hydrogen (secondary N) is 1. The lowest BCUT2D eigenvalue weighted by molar-refractivity contribution is -0.137. The molecule has 1 saturated heterocycles. The smallest absolute Gasteiger partial charge is 0.374 e. The van der Waals surface area contributed by atoms with Crippen molar-refractivity contribution in [1.29, 1.82) is 0 Å². The first-order valence-electron chi connectivity index (χ1n) is 9.31. The second-order valence-electron chi connectivity index (χ2n) is 6.81. The van der Waals surface area contributed by atoms with Crippen molar-refractivity contribution in [3.63, 3.8) is 0 Å². The van der Waals surface area contributed by atoms with Crippen LogP contribution in [0, 0.1) is 0 Å². The third-order valence-corrected chi connectivity index (χ3v) is 5.88. The Morgan fingerprint density at radius 3 is 2.80 bits per heavy atom. The number of amides is 1. The van der Waals surface area contributed by atoms with Gasteiger partial charge in [-0.2, -0.15) is 13.2 Å². The number of carbonyl (C=O) groups is 1. The van der Waals surface area contributed by atoms with Gasteiger partial charge in [-0.15, -0.1) is 0 Å². The summed E-state index contributed by atoms with van der Waals surface area (Å²) >= 11 is 6.85. The van der Waals surface area contributed by atoms with E-state index < -0.39 is 11.7 Å². The maximum Gasteiger partial charge on any atom is 0.417 e. The minimum atomic E-state index is -4.51. The Bertz CT molecular complexity index is 855. The van der Waals surface area contributed by atoms with Gasteiger partial charge in [0.2, 0.25) is 5.91 Å². The second-order valence-corrected chi connectivity index (χ2v) is 8.19. The Labute approximate surface area is 181 Å². The van der Waals surface area contributed by atoms with Gasteiger partial charge in [-0.3, -0.25) is 9.69 Å². The number of hydrogen-bond acceptors (Lipinski definition) is 5. The van der Waals surface area contributed by atoms with Crippen LogP contribution in [0.15, 0.2) is 47.6 Å². The van der Waals surface area contributed by atoms with Crippen molar-refractivity contribution in [3.8, 4) is 0 Å². The van der Waals surface area contributed by atoms with Gasteiger partial charge < -0.3 is 10.1 Å². The summed E-state index contributed by atoms with van der Waals surface area (Å²) in [7, 11) is 0. The van der Waals surface area contributed by atoms with E-state index in [0.717, 1.165) is 30.9 Å². The van der Waals surface area contributed by atoms with Crippen LogP contribution in [-0.4, -0.2) is 53.9 Å². The number of pyridine rings is 1. The van der Waals surface area contributed by atoms with Crippen LogP contribution in [0.25, 0.3) is 0 Å². The molecule has 1 atom stereocenters. The summed E-state index contributed by atoms with van der Waals surface area (Å²) in [5.74, 6) is -0.264. The molecule has 1 unspecified atom stereocenters. The van der Waals surface area contributed by atoms with E-state index in [1.807, 2.05) is 18.2 Å². The monoisotopic (exact) mass is 459 g/mol. The molecule has 1 aliphatic heterocycles. The van der Waals surface area contributed by atoms with Gasteiger partial charge in [-0.05, 0) is 11.6 Å². The molecule has 162 valence electrons. The minimum absolute atomic E-state index is 0.00145. The molecular formula is C20H21ClF3N3O2S. The summed E-state index contributed by atoms with van der Waals surface area (Å²) in [6.45, 7) is 3.30. The molecule has 1 aromatic carbocycles. The lowest BCUT2D eigenvalue weighted by atomic mass is 10.2. The van der Waals surface area contributed by atoms with Gasteiger partial charge in [0.05, 0.1) is 29.0 Å². The summed E-state index contributed by atoms with van der Waals surface area (Å²) in [6, 6.07) is 10.9. The average Bonchev–Trinajstić information content (AvgIpc) is 2.71. The zero-order chi connectivity index (χ0) is 21.6. The van der Waals surface area contributed by atoms with Crippen molar-refractivity contribution in [3.05, 3.63) is 58.7 Å². The third-order valence-electron chi connectivity index (χ3n) is 4.47. The molecule has 3 rings (SSSR count). The van der Waals surface area contributed by atoms with Crippen molar-refractivity contribution < 1.29 is 22.7 Å². The molecule has 0 saturated carbocycles. The number of alkyl halides is 3. The molecule has 2 heterocycles. The summed E-state index contributed by atoms with van der Waals surface area (Å²) in [5, 5.41) is 2.85. The molecule has 30 heavy (non-hydrogen) atoms. The number of morpholine rings is 1. The number of ether oxygens (including phenoxy) is 1. The first kappa shape index (κ1) is 22.9. The fourth-order valence-corrected chi connectivity index (χ4v) is 4.01. The van der Waals surface area contributed by atoms with E-state index in [0.29, 0.717) is 25.9 Å². The number of benzene rings is 1. The molecule has 0 spiro atoms. The van der Waals surface area contributed by atoms with E-state index in [-0.39, 0.29) is 27.8 Å². The third kappa shape index (κ3) is 6.87. The highest BCUT2D eigenvalue weighted by atomic mass is 35.5. The quantitative estimate of drug-likeness (QED) is 0.637. The molecule has 0 bridgehead atoms. The second kappa shape index (κ2) is 10.5. The largest absolute Gasteiger partial charge is 0.417 e. The van der Waals surface area contributed by atoms with E-state index in [1.165, 1.54) is 5.56 Å². The first-order chi connectivity index (χ1) is 14.3. The van der Waals surface area contributed by atoms with Crippen LogP contribution in [0.1, 0.15) is 11.1 Å². The summed E-state index contributed by atoms with van der Waals surface area (Å²) in [6.07, 6.45) is -3.92. The normalized spacial score (nSPS) is 17.7. The number of carbonyl (C=O) groups excluding carboxylic acids is 1. The molecule has 5 nitrogen and oxygen atoms in total. The molecular weight excluding hydrogens is 439 g/mol. The molecule has 0 radical (unpaired) electrons. The van der Waals surface area contributed by atoms with Gasteiger partial charge in [0, 0.05) is 32.4 Å². The predicted molar refractivity (Wildman–Crippen MR) is 109 cm³/mol. The van der Waals surface area contributed by atoms with E-state index in [1.54, 1.807) is 0 Å². The number of nitrogens with zero attached hydrogens (tertiary/aromatic N) is 2. The highest BCUT2D eigenvalue weighted by Crippen LogP contribution is 2.33. The molecule has 1 amide bonds. The first-order valence-corrected chi connectivity index (χ1v) is 10.7. The maximum absolute atomic E-state index is 12.7. The maximum atomic E-state index is 12.7. The van der Waals surface area contributed by atoms with Gasteiger partial charge in [0.15, 0.2) is 0 Å². The minimum Gasteiger partial charge on any atom is -0.374 e. The zero-order valence-corrected chi connectivity index (χ0v) is 17.6. The Morgan fingerprint density at radius 2 is 2.10 bits per heavy atom. The van der Waals surface area contributed by atoms with Crippen molar-refractivity contribution in [1.82, 2.24) is 15.2 Å². The van der Waals surface area contributed by atoms with Gasteiger partial charge in [0.25, 0.3) is 0 Å². The Balaban J connectivity index is 1.42. The number of thioether (sulfide) groups is 1. The molecule has 2 aromatic rings. The van der Waals surface area contributed by atoms with E-state index in [4.69, 9.17) is 16.3 Å². The molecule has 0 aliphatic carbocycles. The highest BCUT2D eigenvalue weighted by molar-refractivity contribution is 8.00. The Kier molecular flexibility index (Phi) is 7.99. The van der Waals surface area contributed by atoms with Crippen molar-refractivity contribution in [2.75, 3.05) is 32.0 Å². The average molecular weight is 460 g/mol. The fraction of sp³-hybridized carbons (Fsp3) is 0.400. The van der Waals surface area contributed by atoms with Crippen LogP contribution in [-0.2, 0) is 22.3 Å². The van der Waals surface area contributed by atoms with Crippen LogP contribution in [0.4, 0.5) is 13.2 Å². The van der Waals surface area contributed by atoms with Crippen molar-refractivity contribution in [2.24, 2.45) is 0 Å². The van der Waals surface area contributed by atoms with Crippen LogP contribution in [0.3, 0.4) is 0 Å². The van der Waals surface area contributed by atoms with Gasteiger partial charge >= 0.3 is 6.18 Å². The van der Waals surface area contributed by atoms with Crippen molar-refractivity contribution >= 4 is 29.3 Å². The van der Waals surface area contributed by atoms with E-state index in [9.17, 15) is 18.0 Å². The number of halogens is 4. The fourth-order valence-electron chi connectivity index (χ4n) is 2.99. The summed E-state index contributed by atoms with van der Waals surface area (Å²) in [5.41, 5.74) is 0.301. The number of hydrogen-bond donors (Lipinski definition) is 1. The van der Waals surface area contributed by atoms with E-state index >= 15 is 0 Å². The highest BCUT2D eigenvalue weighted by Gasteiger charge is 2.31. The Morgan fingerprint density at radius 1 is 1.33 bits per heavy atom. The van der Waals surface area contributed by atoms with Gasteiger partial charge in [0.1, 0.15) is 5.03 Å². The van der Waals surface area contributed by atoms with Crippen LogP contribution >= 0.6 is 23.4 Å². The molecule has 1 aromatic heterocycles. The number of aromatic nitrogens is 1. The predicted octanol–water partition coefficient (Wildman–Crippen LogP) is 3.86.